The van der Waals surface area contributed by atoms with Crippen LogP contribution in [0, 0.1) is 17.8 Å². The minimum atomic E-state index is -0.843. The van der Waals surface area contributed by atoms with Gasteiger partial charge in [0.1, 0.15) is 0 Å². The zero-order valence-electron chi connectivity index (χ0n) is 11.3. The molecule has 0 spiro atoms. The molecular weight excluding hydrogens is 246 g/mol. The molecule has 0 aromatic rings. The van der Waals surface area contributed by atoms with Crippen molar-refractivity contribution in [1.29, 1.82) is 0 Å². The van der Waals surface area contributed by atoms with Crippen LogP contribution in [0.25, 0.3) is 0 Å². The predicted octanol–water partition coefficient (Wildman–Crippen LogP) is 1.42. The smallest absolute Gasteiger partial charge is 0.307 e. The number of hydrogen-bond acceptors (Lipinski definition) is 3. The van der Waals surface area contributed by atoms with E-state index in [2.05, 4.69) is 5.32 Å². The predicted molar refractivity (Wildman–Crippen MR) is 69.6 cm³/mol. The van der Waals surface area contributed by atoms with Crippen LogP contribution in [-0.2, 0) is 14.3 Å². The maximum Gasteiger partial charge on any atom is 0.307 e. The Morgan fingerprint density at radius 2 is 1.79 bits per heavy atom. The summed E-state index contributed by atoms with van der Waals surface area (Å²) in [4.78, 5) is 23.1. The highest BCUT2D eigenvalue weighted by Gasteiger charge is 2.35. The highest BCUT2D eigenvalue weighted by molar-refractivity contribution is 5.84. The van der Waals surface area contributed by atoms with Gasteiger partial charge in [-0.15, -0.1) is 0 Å². The fourth-order valence-electron chi connectivity index (χ4n) is 2.65. The third kappa shape index (κ3) is 4.49. The van der Waals surface area contributed by atoms with E-state index in [0.29, 0.717) is 26.0 Å². The number of carboxylic acids is 1. The lowest BCUT2D eigenvalue weighted by Crippen LogP contribution is -2.40. The maximum atomic E-state index is 12.0. The summed E-state index contributed by atoms with van der Waals surface area (Å²) < 4.78 is 5.44. The molecule has 19 heavy (non-hydrogen) atoms. The fourth-order valence-corrected chi connectivity index (χ4v) is 2.65. The van der Waals surface area contributed by atoms with Crippen LogP contribution in [-0.4, -0.2) is 36.7 Å². The number of ether oxygens (including phenoxy) is 1. The number of carboxylic acid groups (broad SMARTS) is 1. The monoisotopic (exact) mass is 269 g/mol. The molecule has 2 atom stereocenters. The zero-order chi connectivity index (χ0) is 13.7. The summed E-state index contributed by atoms with van der Waals surface area (Å²) in [7, 11) is 0. The van der Waals surface area contributed by atoms with Gasteiger partial charge in [-0.05, 0) is 31.6 Å². The van der Waals surface area contributed by atoms with Crippen molar-refractivity contribution in [2.75, 3.05) is 19.8 Å². The lowest BCUT2D eigenvalue weighted by atomic mass is 9.79. The first-order valence-electron chi connectivity index (χ1n) is 7.26. The Balaban J connectivity index is 1.66. The molecule has 2 aliphatic rings. The van der Waals surface area contributed by atoms with Crippen LogP contribution in [0.3, 0.4) is 0 Å². The van der Waals surface area contributed by atoms with Gasteiger partial charge in [0.15, 0.2) is 0 Å². The van der Waals surface area contributed by atoms with E-state index in [0.717, 1.165) is 25.4 Å². The molecule has 2 aliphatic carbocycles. The molecule has 5 nitrogen and oxygen atoms in total. The van der Waals surface area contributed by atoms with Gasteiger partial charge >= 0.3 is 5.97 Å². The summed E-state index contributed by atoms with van der Waals surface area (Å²) in [6.07, 6.45) is 5.67. The SMILES string of the molecule is O=C(O)C1CCCCC1C(=O)NCCOCC1CC1. The van der Waals surface area contributed by atoms with Crippen LogP contribution in [0.2, 0.25) is 0 Å². The van der Waals surface area contributed by atoms with Gasteiger partial charge in [0.2, 0.25) is 5.91 Å². The molecular formula is C14H23NO4. The number of rotatable bonds is 7. The van der Waals surface area contributed by atoms with Crippen LogP contribution < -0.4 is 5.32 Å². The van der Waals surface area contributed by atoms with Crippen molar-refractivity contribution in [3.8, 4) is 0 Å². The van der Waals surface area contributed by atoms with Crippen molar-refractivity contribution in [3.63, 3.8) is 0 Å². The van der Waals surface area contributed by atoms with E-state index < -0.39 is 11.9 Å². The Kier molecular flexibility index (Phi) is 5.19. The Labute approximate surface area is 113 Å². The summed E-state index contributed by atoms with van der Waals surface area (Å²) in [5.41, 5.74) is 0. The number of carbonyl (C=O) groups excluding carboxylic acids is 1. The number of aliphatic carboxylic acids is 1. The van der Waals surface area contributed by atoms with E-state index in [-0.39, 0.29) is 11.8 Å². The first-order chi connectivity index (χ1) is 9.18. The fraction of sp³-hybridized carbons (Fsp3) is 0.857. The molecule has 0 saturated heterocycles. The number of nitrogens with one attached hydrogen (secondary N) is 1. The van der Waals surface area contributed by atoms with Crippen LogP contribution in [0.5, 0.6) is 0 Å². The molecule has 0 aliphatic heterocycles. The molecule has 2 N–H and O–H groups in total. The third-order valence-corrected chi connectivity index (χ3v) is 4.02. The standard InChI is InChI=1S/C14H23NO4/c16-13(15-7-8-19-9-10-5-6-10)11-3-1-2-4-12(11)14(17)18/h10-12H,1-9H2,(H,15,16)(H,17,18). The highest BCUT2D eigenvalue weighted by atomic mass is 16.5. The maximum absolute atomic E-state index is 12.0. The van der Waals surface area contributed by atoms with Gasteiger partial charge in [-0.2, -0.15) is 0 Å². The molecule has 1 amide bonds. The van der Waals surface area contributed by atoms with Crippen molar-refractivity contribution in [2.24, 2.45) is 17.8 Å². The van der Waals surface area contributed by atoms with Crippen molar-refractivity contribution >= 4 is 11.9 Å². The van der Waals surface area contributed by atoms with Gasteiger partial charge in [-0.25, -0.2) is 0 Å². The highest BCUT2D eigenvalue weighted by Crippen LogP contribution is 2.30. The molecule has 108 valence electrons. The van der Waals surface area contributed by atoms with Crippen molar-refractivity contribution in [2.45, 2.75) is 38.5 Å². The topological polar surface area (TPSA) is 75.6 Å². The summed E-state index contributed by atoms with van der Waals surface area (Å²) >= 11 is 0. The Bertz CT molecular complexity index is 327. The molecule has 5 heteroatoms. The van der Waals surface area contributed by atoms with Gasteiger partial charge in [-0.1, -0.05) is 12.8 Å². The second kappa shape index (κ2) is 6.89. The average molecular weight is 269 g/mol. The quantitative estimate of drug-likeness (QED) is 0.685. The summed E-state index contributed by atoms with van der Waals surface area (Å²) in [5, 5.41) is 11.9. The molecule has 2 unspecified atom stereocenters. The van der Waals surface area contributed by atoms with Gasteiger partial charge < -0.3 is 15.2 Å². The molecule has 2 saturated carbocycles. The number of amides is 1. The van der Waals surface area contributed by atoms with Crippen molar-refractivity contribution < 1.29 is 19.4 Å². The van der Waals surface area contributed by atoms with Crippen LogP contribution >= 0.6 is 0 Å². The Morgan fingerprint density at radius 3 is 2.42 bits per heavy atom. The van der Waals surface area contributed by atoms with Crippen molar-refractivity contribution in [1.82, 2.24) is 5.32 Å². The van der Waals surface area contributed by atoms with Crippen LogP contribution in [0.1, 0.15) is 38.5 Å². The average Bonchev–Trinajstić information content (AvgIpc) is 3.22. The third-order valence-electron chi connectivity index (χ3n) is 4.02. The van der Waals surface area contributed by atoms with E-state index in [4.69, 9.17) is 9.84 Å². The van der Waals surface area contributed by atoms with Crippen LogP contribution in [0.4, 0.5) is 0 Å². The van der Waals surface area contributed by atoms with E-state index in [9.17, 15) is 9.59 Å². The van der Waals surface area contributed by atoms with E-state index in [1.165, 1.54) is 12.8 Å². The second-order valence-electron chi connectivity index (χ2n) is 5.64. The normalized spacial score (nSPS) is 26.9. The van der Waals surface area contributed by atoms with Crippen LogP contribution in [0.15, 0.2) is 0 Å². The Morgan fingerprint density at radius 1 is 1.11 bits per heavy atom. The first-order valence-corrected chi connectivity index (χ1v) is 7.26. The summed E-state index contributed by atoms with van der Waals surface area (Å²) in [5.74, 6) is -1.12. The minimum absolute atomic E-state index is 0.123. The molecule has 0 bridgehead atoms. The summed E-state index contributed by atoms with van der Waals surface area (Å²) in [6.45, 7) is 1.79. The van der Waals surface area contributed by atoms with E-state index in [1.54, 1.807) is 0 Å². The molecule has 2 rings (SSSR count). The van der Waals surface area contributed by atoms with E-state index >= 15 is 0 Å². The lowest BCUT2D eigenvalue weighted by Gasteiger charge is -2.27. The van der Waals surface area contributed by atoms with Gasteiger partial charge in [0.05, 0.1) is 18.4 Å². The Hall–Kier alpha value is -1.10. The molecule has 0 heterocycles. The van der Waals surface area contributed by atoms with E-state index in [1.807, 2.05) is 0 Å². The number of carbonyl (C=O) groups is 2. The van der Waals surface area contributed by atoms with Gasteiger partial charge in [0.25, 0.3) is 0 Å². The van der Waals surface area contributed by atoms with Gasteiger partial charge in [-0.3, -0.25) is 9.59 Å². The minimum Gasteiger partial charge on any atom is -0.481 e. The lowest BCUT2D eigenvalue weighted by molar-refractivity contribution is -0.148. The molecule has 0 aromatic heterocycles. The largest absolute Gasteiger partial charge is 0.481 e. The molecule has 2 fully saturated rings. The number of hydrogen-bond donors (Lipinski definition) is 2. The second-order valence-corrected chi connectivity index (χ2v) is 5.64. The zero-order valence-corrected chi connectivity index (χ0v) is 11.3. The molecule has 0 aromatic carbocycles. The first kappa shape index (κ1) is 14.3. The van der Waals surface area contributed by atoms with Gasteiger partial charge in [0, 0.05) is 13.2 Å². The molecule has 0 radical (unpaired) electrons. The summed E-state index contributed by atoms with van der Waals surface area (Å²) in [6, 6.07) is 0. The van der Waals surface area contributed by atoms with Crippen molar-refractivity contribution in [3.05, 3.63) is 0 Å².